The Morgan fingerprint density at radius 1 is 0.846 bits per heavy atom. The van der Waals surface area contributed by atoms with E-state index in [1.165, 1.54) is 11.8 Å². The number of carbonyl (C=O) groups is 2. The van der Waals surface area contributed by atoms with E-state index in [9.17, 15) is 14.9 Å². The van der Waals surface area contributed by atoms with Gasteiger partial charge in [-0.15, -0.1) is 0 Å². The number of fused-ring (bicyclic) bond motifs is 1. The van der Waals surface area contributed by atoms with Gasteiger partial charge in [-0.2, -0.15) is 5.26 Å². The van der Waals surface area contributed by atoms with Crippen LogP contribution in [0, 0.1) is 11.3 Å². The van der Waals surface area contributed by atoms with Gasteiger partial charge in [0.15, 0.2) is 0 Å². The number of nitriles is 1. The second-order valence-corrected chi connectivity index (χ2v) is 10.1. The maximum absolute atomic E-state index is 13.5. The number of nitrogens with zero attached hydrogens (tertiary/aromatic N) is 1. The molecule has 0 aliphatic carbocycles. The van der Waals surface area contributed by atoms with E-state index < -0.39 is 5.92 Å². The van der Waals surface area contributed by atoms with Gasteiger partial charge in [0, 0.05) is 22.6 Å². The molecular weight excluding hydrogens is 504 g/mol. The summed E-state index contributed by atoms with van der Waals surface area (Å²) in [7, 11) is 0. The summed E-state index contributed by atoms with van der Waals surface area (Å²) in [5.74, 6) is -0.953. The molecule has 3 N–H and O–H groups in total. The molecule has 1 heterocycles. The van der Waals surface area contributed by atoms with Gasteiger partial charge in [0.05, 0.1) is 28.3 Å². The van der Waals surface area contributed by atoms with E-state index in [0.717, 1.165) is 16.3 Å². The van der Waals surface area contributed by atoms with Crippen molar-refractivity contribution in [2.75, 3.05) is 16.4 Å². The Labute approximate surface area is 231 Å². The molecule has 0 unspecified atom stereocenters. The second kappa shape index (κ2) is 11.7. The van der Waals surface area contributed by atoms with Crippen molar-refractivity contribution < 1.29 is 9.59 Å². The number of hydrogen-bond donors (Lipinski definition) is 3. The van der Waals surface area contributed by atoms with E-state index in [-0.39, 0.29) is 17.6 Å². The molecule has 0 aromatic heterocycles. The number of amides is 2. The number of hydrogen-bond acceptors (Lipinski definition) is 5. The molecular formula is C32H26N4O2S. The molecule has 0 saturated carbocycles. The number of para-hydroxylation sites is 1. The first-order valence-electron chi connectivity index (χ1n) is 12.5. The predicted octanol–water partition coefficient (Wildman–Crippen LogP) is 6.55. The van der Waals surface area contributed by atoms with Gasteiger partial charge in [-0.05, 0) is 47.5 Å². The van der Waals surface area contributed by atoms with Crippen LogP contribution in [0.4, 0.5) is 11.4 Å². The van der Waals surface area contributed by atoms with E-state index in [0.29, 0.717) is 33.2 Å². The standard InChI is InChI=1S/C32H26N4O2S/c1-21-29(31(38)36-25-14-6-3-7-15-25)30(23-11-4-2-5-12-23)27(19-33)32(34-21)39-20-28(37)35-26-17-16-22-10-8-9-13-24(22)18-26/h2-18,30,34H,20H2,1H3,(H,35,37)(H,36,38)/t30-/m0/s1. The van der Waals surface area contributed by atoms with Crippen LogP contribution in [0.1, 0.15) is 18.4 Å². The molecule has 1 aliphatic rings. The predicted molar refractivity (Wildman–Crippen MR) is 158 cm³/mol. The fourth-order valence-corrected chi connectivity index (χ4v) is 5.52. The van der Waals surface area contributed by atoms with Gasteiger partial charge in [-0.3, -0.25) is 9.59 Å². The van der Waals surface area contributed by atoms with Crippen molar-refractivity contribution in [3.63, 3.8) is 0 Å². The summed E-state index contributed by atoms with van der Waals surface area (Å²) in [6, 6.07) is 34.8. The van der Waals surface area contributed by atoms with Crippen LogP contribution in [-0.2, 0) is 9.59 Å². The van der Waals surface area contributed by atoms with Crippen molar-refractivity contribution >= 4 is 45.7 Å². The summed E-state index contributed by atoms with van der Waals surface area (Å²) < 4.78 is 0. The van der Waals surface area contributed by atoms with Crippen molar-refractivity contribution in [1.29, 1.82) is 5.26 Å². The SMILES string of the molecule is CC1=C(C(=O)Nc2ccccc2)[C@@H](c2ccccc2)C(C#N)=C(SCC(=O)Nc2ccc3ccccc3c2)N1. The fourth-order valence-electron chi connectivity index (χ4n) is 4.63. The lowest BCUT2D eigenvalue weighted by Gasteiger charge is -2.29. The van der Waals surface area contributed by atoms with E-state index in [1.54, 1.807) is 0 Å². The van der Waals surface area contributed by atoms with Crippen LogP contribution in [0.15, 0.2) is 125 Å². The second-order valence-electron chi connectivity index (χ2n) is 9.08. The van der Waals surface area contributed by atoms with Gasteiger partial charge in [-0.1, -0.05) is 90.6 Å². The molecule has 1 aliphatic heterocycles. The first kappa shape index (κ1) is 25.8. The lowest BCUT2D eigenvalue weighted by Crippen LogP contribution is -2.31. The van der Waals surface area contributed by atoms with Gasteiger partial charge in [-0.25, -0.2) is 0 Å². The van der Waals surface area contributed by atoms with Crippen LogP contribution in [0.25, 0.3) is 10.8 Å². The minimum absolute atomic E-state index is 0.0979. The number of dihydropyridines is 1. The summed E-state index contributed by atoms with van der Waals surface area (Å²) in [4.78, 5) is 26.3. The lowest BCUT2D eigenvalue weighted by molar-refractivity contribution is -0.114. The number of benzene rings is 4. The molecule has 4 aromatic carbocycles. The molecule has 192 valence electrons. The summed E-state index contributed by atoms with van der Waals surface area (Å²) >= 11 is 1.25. The van der Waals surface area contributed by atoms with Gasteiger partial charge in [0.1, 0.15) is 0 Å². The summed E-state index contributed by atoms with van der Waals surface area (Å²) in [6.45, 7) is 1.82. The third kappa shape index (κ3) is 5.87. The van der Waals surface area contributed by atoms with Crippen LogP contribution in [-0.4, -0.2) is 17.6 Å². The van der Waals surface area contributed by atoms with Gasteiger partial charge in [0.25, 0.3) is 5.91 Å². The largest absolute Gasteiger partial charge is 0.353 e. The average molecular weight is 531 g/mol. The molecule has 0 bridgehead atoms. The molecule has 39 heavy (non-hydrogen) atoms. The normalized spacial score (nSPS) is 14.9. The Kier molecular flexibility index (Phi) is 7.76. The van der Waals surface area contributed by atoms with Gasteiger partial charge < -0.3 is 16.0 Å². The molecule has 0 saturated heterocycles. The Morgan fingerprint density at radius 3 is 2.23 bits per heavy atom. The highest BCUT2D eigenvalue weighted by Crippen LogP contribution is 2.41. The molecule has 5 rings (SSSR count). The summed E-state index contributed by atoms with van der Waals surface area (Å²) in [6.07, 6.45) is 0. The maximum Gasteiger partial charge on any atom is 0.254 e. The molecule has 0 radical (unpaired) electrons. The lowest BCUT2D eigenvalue weighted by atomic mass is 9.82. The third-order valence-electron chi connectivity index (χ3n) is 6.44. The number of thioether (sulfide) groups is 1. The number of anilines is 2. The monoisotopic (exact) mass is 530 g/mol. The highest BCUT2D eigenvalue weighted by molar-refractivity contribution is 8.03. The Morgan fingerprint density at radius 2 is 1.51 bits per heavy atom. The van der Waals surface area contributed by atoms with E-state index in [2.05, 4.69) is 22.0 Å². The fraction of sp³-hybridized carbons (Fsp3) is 0.0938. The highest BCUT2D eigenvalue weighted by atomic mass is 32.2. The van der Waals surface area contributed by atoms with E-state index >= 15 is 0 Å². The first-order valence-corrected chi connectivity index (χ1v) is 13.5. The van der Waals surface area contributed by atoms with Crippen LogP contribution in [0.3, 0.4) is 0 Å². The summed E-state index contributed by atoms with van der Waals surface area (Å²) in [5, 5.41) is 22.1. The van der Waals surface area contributed by atoms with Crippen molar-refractivity contribution in [3.05, 3.63) is 131 Å². The van der Waals surface area contributed by atoms with Crippen molar-refractivity contribution in [2.24, 2.45) is 0 Å². The highest BCUT2D eigenvalue weighted by Gasteiger charge is 2.34. The molecule has 1 atom stereocenters. The minimum Gasteiger partial charge on any atom is -0.353 e. The molecule has 7 heteroatoms. The van der Waals surface area contributed by atoms with Crippen LogP contribution in [0.2, 0.25) is 0 Å². The number of allylic oxidation sites excluding steroid dienone is 2. The zero-order valence-electron chi connectivity index (χ0n) is 21.3. The third-order valence-corrected chi connectivity index (χ3v) is 7.45. The minimum atomic E-state index is -0.577. The average Bonchev–Trinajstić information content (AvgIpc) is 2.96. The number of rotatable bonds is 7. The molecule has 4 aromatic rings. The molecule has 0 spiro atoms. The van der Waals surface area contributed by atoms with Crippen LogP contribution < -0.4 is 16.0 Å². The topological polar surface area (TPSA) is 94.0 Å². The number of carbonyl (C=O) groups excluding carboxylic acids is 2. The zero-order valence-corrected chi connectivity index (χ0v) is 22.1. The molecule has 0 fully saturated rings. The van der Waals surface area contributed by atoms with Gasteiger partial charge in [0.2, 0.25) is 5.91 Å². The molecule has 2 amide bonds. The Bertz CT molecular complexity index is 1640. The van der Waals surface area contributed by atoms with Crippen molar-refractivity contribution in [3.8, 4) is 6.07 Å². The maximum atomic E-state index is 13.5. The van der Waals surface area contributed by atoms with E-state index in [4.69, 9.17) is 0 Å². The quantitative estimate of drug-likeness (QED) is 0.252. The Balaban J connectivity index is 1.38. The zero-order chi connectivity index (χ0) is 27.2. The van der Waals surface area contributed by atoms with Crippen molar-refractivity contribution in [2.45, 2.75) is 12.8 Å². The van der Waals surface area contributed by atoms with Gasteiger partial charge >= 0.3 is 0 Å². The van der Waals surface area contributed by atoms with Crippen LogP contribution >= 0.6 is 11.8 Å². The van der Waals surface area contributed by atoms with Crippen molar-refractivity contribution in [1.82, 2.24) is 5.32 Å². The summed E-state index contributed by atoms with van der Waals surface area (Å²) in [5.41, 5.74) is 3.70. The molecule has 6 nitrogen and oxygen atoms in total. The smallest absolute Gasteiger partial charge is 0.254 e. The van der Waals surface area contributed by atoms with Crippen LogP contribution in [0.5, 0.6) is 0 Å². The number of nitrogens with one attached hydrogen (secondary N) is 3. The first-order chi connectivity index (χ1) is 19.0. The Hall–Kier alpha value is -4.80. The van der Waals surface area contributed by atoms with E-state index in [1.807, 2.05) is 110 Å².